The maximum absolute atomic E-state index is 13.9. The Kier molecular flexibility index (Phi) is 5.94. The molecule has 1 aromatic heterocycles. The van der Waals surface area contributed by atoms with Crippen LogP contribution in [-0.2, 0) is 0 Å². The van der Waals surface area contributed by atoms with E-state index in [1.807, 2.05) is 54.6 Å². The Balaban J connectivity index is 1.69. The lowest BCUT2D eigenvalue weighted by molar-refractivity contribution is 0.105. The van der Waals surface area contributed by atoms with Crippen molar-refractivity contribution in [2.24, 2.45) is 0 Å². The number of aromatic amines is 1. The van der Waals surface area contributed by atoms with Gasteiger partial charge in [-0.05, 0) is 52.7 Å². The standard InChI is InChI=1S/C29H24N2O4/c1-33-25-16-21(17-26(34-2)28(25)35-3)27(32)22(29-30-23-10-6-7-11-24(23)31-29)15-18-12-13-19-8-4-5-9-20(19)14-18/h4-17H,1-3H3,(H,30,31)/b22-15+. The molecule has 4 aromatic carbocycles. The van der Waals surface area contributed by atoms with Gasteiger partial charge in [-0.1, -0.05) is 48.5 Å². The number of allylic oxidation sites excluding steroid dienone is 1. The van der Waals surface area contributed by atoms with Crippen LogP contribution in [0, 0.1) is 0 Å². The van der Waals surface area contributed by atoms with Gasteiger partial charge in [-0.15, -0.1) is 0 Å². The zero-order chi connectivity index (χ0) is 24.4. The quantitative estimate of drug-likeness (QED) is 0.230. The Labute approximate surface area is 202 Å². The van der Waals surface area contributed by atoms with Crippen LogP contribution in [-0.4, -0.2) is 37.1 Å². The topological polar surface area (TPSA) is 73.4 Å². The predicted molar refractivity (Wildman–Crippen MR) is 138 cm³/mol. The number of carbonyl (C=O) groups is 1. The summed E-state index contributed by atoms with van der Waals surface area (Å²) in [5, 5.41) is 2.22. The predicted octanol–water partition coefficient (Wildman–Crippen LogP) is 6.17. The summed E-state index contributed by atoms with van der Waals surface area (Å²) in [5.41, 5.74) is 3.34. The van der Waals surface area contributed by atoms with Crippen LogP contribution < -0.4 is 14.2 Å². The Morgan fingerprint density at radius 3 is 2.17 bits per heavy atom. The summed E-state index contributed by atoms with van der Waals surface area (Å²) in [7, 11) is 4.58. The highest BCUT2D eigenvalue weighted by atomic mass is 16.5. The summed E-state index contributed by atoms with van der Waals surface area (Å²) in [5.74, 6) is 1.50. The van der Waals surface area contributed by atoms with Crippen molar-refractivity contribution in [3.63, 3.8) is 0 Å². The Morgan fingerprint density at radius 2 is 1.49 bits per heavy atom. The number of fused-ring (bicyclic) bond motifs is 2. The SMILES string of the molecule is COc1cc(C(=O)/C(=C\c2ccc3ccccc3c2)c2nc3ccccc3[nH]2)cc(OC)c1OC. The number of rotatable bonds is 7. The van der Waals surface area contributed by atoms with E-state index in [0.29, 0.717) is 34.2 Å². The lowest BCUT2D eigenvalue weighted by Crippen LogP contribution is -2.06. The highest BCUT2D eigenvalue weighted by Crippen LogP contribution is 2.39. The number of nitrogens with one attached hydrogen (secondary N) is 1. The largest absolute Gasteiger partial charge is 0.493 e. The highest BCUT2D eigenvalue weighted by Gasteiger charge is 2.22. The molecule has 0 fully saturated rings. The van der Waals surface area contributed by atoms with Gasteiger partial charge in [-0.2, -0.15) is 0 Å². The summed E-state index contributed by atoms with van der Waals surface area (Å²) in [6.45, 7) is 0. The van der Waals surface area contributed by atoms with Gasteiger partial charge >= 0.3 is 0 Å². The third-order valence-corrected chi connectivity index (χ3v) is 5.90. The molecule has 0 aliphatic rings. The molecule has 0 unspecified atom stereocenters. The summed E-state index contributed by atoms with van der Waals surface area (Å²) >= 11 is 0. The molecule has 6 heteroatoms. The van der Waals surface area contributed by atoms with E-state index in [0.717, 1.165) is 27.4 Å². The number of para-hydroxylation sites is 2. The monoisotopic (exact) mass is 464 g/mol. The van der Waals surface area contributed by atoms with Crippen molar-refractivity contribution < 1.29 is 19.0 Å². The molecular weight excluding hydrogens is 440 g/mol. The van der Waals surface area contributed by atoms with Gasteiger partial charge in [-0.3, -0.25) is 4.79 Å². The number of ether oxygens (including phenoxy) is 3. The molecule has 0 radical (unpaired) electrons. The number of hydrogen-bond donors (Lipinski definition) is 1. The smallest absolute Gasteiger partial charge is 0.203 e. The third-order valence-electron chi connectivity index (χ3n) is 5.90. The van der Waals surface area contributed by atoms with Crippen LogP contribution >= 0.6 is 0 Å². The van der Waals surface area contributed by atoms with Crippen molar-refractivity contribution in [2.45, 2.75) is 0 Å². The van der Waals surface area contributed by atoms with Crippen molar-refractivity contribution in [3.8, 4) is 17.2 Å². The molecule has 0 spiro atoms. The van der Waals surface area contributed by atoms with Crippen LogP contribution in [0.5, 0.6) is 17.2 Å². The summed E-state index contributed by atoms with van der Waals surface area (Å²) in [4.78, 5) is 21.9. The zero-order valence-electron chi connectivity index (χ0n) is 19.7. The van der Waals surface area contributed by atoms with E-state index in [4.69, 9.17) is 19.2 Å². The first kappa shape index (κ1) is 22.2. The summed E-state index contributed by atoms with van der Waals surface area (Å²) < 4.78 is 16.4. The molecule has 0 bridgehead atoms. The fourth-order valence-electron chi connectivity index (χ4n) is 4.15. The number of nitrogens with zero attached hydrogens (tertiary/aromatic N) is 1. The van der Waals surface area contributed by atoms with Gasteiger partial charge in [-0.25, -0.2) is 4.98 Å². The second kappa shape index (κ2) is 9.35. The van der Waals surface area contributed by atoms with Gasteiger partial charge < -0.3 is 19.2 Å². The first-order valence-corrected chi connectivity index (χ1v) is 11.1. The van der Waals surface area contributed by atoms with Crippen LogP contribution in [0.3, 0.4) is 0 Å². The number of Topliss-reactive ketones (excluding diaryl/α,β-unsaturated/α-hetero) is 1. The number of benzene rings is 4. The van der Waals surface area contributed by atoms with Crippen LogP contribution in [0.25, 0.3) is 33.5 Å². The molecule has 6 nitrogen and oxygen atoms in total. The minimum atomic E-state index is -0.225. The second-order valence-electron chi connectivity index (χ2n) is 8.01. The average Bonchev–Trinajstić information content (AvgIpc) is 3.34. The normalized spacial score (nSPS) is 11.6. The second-order valence-corrected chi connectivity index (χ2v) is 8.01. The molecule has 0 atom stereocenters. The van der Waals surface area contributed by atoms with Gasteiger partial charge in [0.1, 0.15) is 5.82 Å². The summed E-state index contributed by atoms with van der Waals surface area (Å²) in [6, 6.07) is 25.2. The summed E-state index contributed by atoms with van der Waals surface area (Å²) in [6.07, 6.45) is 1.86. The fourth-order valence-corrected chi connectivity index (χ4v) is 4.15. The lowest BCUT2D eigenvalue weighted by atomic mass is 9.98. The molecule has 1 heterocycles. The van der Waals surface area contributed by atoms with Gasteiger partial charge in [0.2, 0.25) is 5.75 Å². The van der Waals surface area contributed by atoms with Crippen molar-refractivity contribution in [1.82, 2.24) is 9.97 Å². The van der Waals surface area contributed by atoms with Crippen molar-refractivity contribution in [2.75, 3.05) is 21.3 Å². The van der Waals surface area contributed by atoms with E-state index in [-0.39, 0.29) is 5.78 Å². The Morgan fingerprint density at radius 1 is 0.800 bits per heavy atom. The Bertz CT molecular complexity index is 1520. The molecule has 0 aliphatic carbocycles. The number of hydrogen-bond acceptors (Lipinski definition) is 5. The fraction of sp³-hybridized carbons (Fsp3) is 0.103. The van der Waals surface area contributed by atoms with E-state index in [1.54, 1.807) is 12.1 Å². The molecule has 0 saturated carbocycles. The van der Waals surface area contributed by atoms with Crippen molar-refractivity contribution in [1.29, 1.82) is 0 Å². The van der Waals surface area contributed by atoms with Gasteiger partial charge in [0.05, 0.1) is 37.9 Å². The maximum Gasteiger partial charge on any atom is 0.203 e. The van der Waals surface area contributed by atoms with E-state index in [1.165, 1.54) is 21.3 Å². The van der Waals surface area contributed by atoms with Crippen LogP contribution in [0.15, 0.2) is 78.9 Å². The average molecular weight is 465 g/mol. The molecule has 0 aliphatic heterocycles. The van der Waals surface area contributed by atoms with Crippen molar-refractivity contribution >= 4 is 39.2 Å². The molecule has 35 heavy (non-hydrogen) atoms. The first-order chi connectivity index (χ1) is 17.1. The lowest BCUT2D eigenvalue weighted by Gasteiger charge is -2.14. The van der Waals surface area contributed by atoms with Gasteiger partial charge in [0.25, 0.3) is 0 Å². The van der Waals surface area contributed by atoms with E-state index in [2.05, 4.69) is 23.2 Å². The number of methoxy groups -OCH3 is 3. The highest BCUT2D eigenvalue weighted by molar-refractivity contribution is 6.32. The van der Waals surface area contributed by atoms with Gasteiger partial charge in [0, 0.05) is 5.56 Å². The molecule has 0 saturated heterocycles. The number of ketones is 1. The molecule has 0 amide bonds. The zero-order valence-corrected chi connectivity index (χ0v) is 19.7. The minimum Gasteiger partial charge on any atom is -0.493 e. The van der Waals surface area contributed by atoms with E-state index < -0.39 is 0 Å². The number of imidazole rings is 1. The van der Waals surface area contributed by atoms with Crippen LogP contribution in [0.4, 0.5) is 0 Å². The third kappa shape index (κ3) is 4.22. The molecule has 5 aromatic rings. The molecular formula is C29H24N2O4. The van der Waals surface area contributed by atoms with E-state index in [9.17, 15) is 4.79 Å². The number of H-pyrrole nitrogens is 1. The Hall–Kier alpha value is -4.58. The van der Waals surface area contributed by atoms with Gasteiger partial charge in [0.15, 0.2) is 17.3 Å². The minimum absolute atomic E-state index is 0.225. The molecule has 174 valence electrons. The first-order valence-electron chi connectivity index (χ1n) is 11.1. The van der Waals surface area contributed by atoms with Crippen LogP contribution in [0.2, 0.25) is 0 Å². The maximum atomic E-state index is 13.9. The van der Waals surface area contributed by atoms with Crippen molar-refractivity contribution in [3.05, 3.63) is 95.8 Å². The van der Waals surface area contributed by atoms with E-state index >= 15 is 0 Å². The molecule has 5 rings (SSSR count). The molecule has 1 N–H and O–H groups in total. The number of aromatic nitrogens is 2. The number of carbonyl (C=O) groups excluding carboxylic acids is 1. The van der Waals surface area contributed by atoms with Crippen LogP contribution in [0.1, 0.15) is 21.7 Å².